The lowest BCUT2D eigenvalue weighted by atomic mass is 10.2. The van der Waals surface area contributed by atoms with Gasteiger partial charge in [0.2, 0.25) is 0 Å². The molecule has 100 valence electrons. The number of aromatic nitrogens is 3. The first kappa shape index (κ1) is 13.8. The summed E-state index contributed by atoms with van der Waals surface area (Å²) in [5, 5.41) is 14.6. The van der Waals surface area contributed by atoms with Crippen LogP contribution in [0, 0.1) is 5.41 Å². The van der Waals surface area contributed by atoms with Crippen LogP contribution >= 0.6 is 23.5 Å². The number of hydrogen-bond acceptors (Lipinski definition) is 5. The Hall–Kier alpha value is -1.67. The SMILES string of the molecule is CSc1cccc(Sc2n[nH]c(=O)n2C)c1C(=N)N. The Kier molecular flexibility index (Phi) is 4.01. The van der Waals surface area contributed by atoms with Crippen molar-refractivity contribution in [2.45, 2.75) is 14.9 Å². The van der Waals surface area contributed by atoms with Gasteiger partial charge in [-0.25, -0.2) is 9.89 Å². The summed E-state index contributed by atoms with van der Waals surface area (Å²) >= 11 is 2.83. The zero-order valence-electron chi connectivity index (χ0n) is 10.4. The molecule has 0 atom stereocenters. The normalized spacial score (nSPS) is 10.6. The van der Waals surface area contributed by atoms with Gasteiger partial charge < -0.3 is 5.73 Å². The minimum Gasteiger partial charge on any atom is -0.384 e. The molecule has 0 aliphatic heterocycles. The quantitative estimate of drug-likeness (QED) is 0.448. The van der Waals surface area contributed by atoms with Gasteiger partial charge >= 0.3 is 5.69 Å². The van der Waals surface area contributed by atoms with Gasteiger partial charge in [-0.1, -0.05) is 6.07 Å². The van der Waals surface area contributed by atoms with Gasteiger partial charge in [0, 0.05) is 22.4 Å². The molecule has 0 bridgehead atoms. The summed E-state index contributed by atoms with van der Waals surface area (Å²) in [5.74, 6) is 0.00739. The Morgan fingerprint density at radius 3 is 2.68 bits per heavy atom. The number of amidine groups is 1. The number of rotatable bonds is 4. The molecule has 0 saturated heterocycles. The van der Waals surface area contributed by atoms with E-state index in [9.17, 15) is 4.79 Å². The number of nitrogens with two attached hydrogens (primary N) is 1. The average Bonchev–Trinajstić information content (AvgIpc) is 2.70. The molecule has 8 heteroatoms. The number of nitrogen functional groups attached to an aromatic ring is 1. The number of H-pyrrole nitrogens is 1. The summed E-state index contributed by atoms with van der Waals surface area (Å²) < 4.78 is 1.42. The van der Waals surface area contributed by atoms with E-state index < -0.39 is 0 Å². The van der Waals surface area contributed by atoms with Crippen LogP contribution in [-0.4, -0.2) is 26.9 Å². The molecule has 0 radical (unpaired) electrons. The molecule has 1 heterocycles. The highest BCUT2D eigenvalue weighted by Crippen LogP contribution is 2.33. The van der Waals surface area contributed by atoms with Crippen molar-refractivity contribution in [3.8, 4) is 0 Å². The minimum atomic E-state index is -0.270. The number of nitrogens with one attached hydrogen (secondary N) is 2. The van der Waals surface area contributed by atoms with Crippen molar-refractivity contribution in [1.82, 2.24) is 14.8 Å². The molecule has 2 aromatic rings. The van der Waals surface area contributed by atoms with Crippen molar-refractivity contribution in [3.63, 3.8) is 0 Å². The zero-order chi connectivity index (χ0) is 14.0. The van der Waals surface area contributed by atoms with Crippen molar-refractivity contribution >= 4 is 29.4 Å². The van der Waals surface area contributed by atoms with E-state index in [4.69, 9.17) is 11.1 Å². The van der Waals surface area contributed by atoms with Gasteiger partial charge in [-0.15, -0.1) is 16.9 Å². The van der Waals surface area contributed by atoms with E-state index in [2.05, 4.69) is 10.2 Å². The molecule has 0 spiro atoms. The Bertz CT molecular complexity index is 676. The van der Waals surface area contributed by atoms with E-state index in [1.54, 1.807) is 7.05 Å². The number of thioether (sulfide) groups is 1. The third-order valence-electron chi connectivity index (χ3n) is 2.52. The van der Waals surface area contributed by atoms with Gasteiger partial charge in [0.15, 0.2) is 5.16 Å². The lowest BCUT2D eigenvalue weighted by Gasteiger charge is -2.11. The van der Waals surface area contributed by atoms with Gasteiger partial charge in [0.25, 0.3) is 0 Å². The van der Waals surface area contributed by atoms with E-state index in [0.717, 1.165) is 9.79 Å². The summed E-state index contributed by atoms with van der Waals surface area (Å²) in [7, 11) is 1.64. The van der Waals surface area contributed by atoms with E-state index in [0.29, 0.717) is 10.7 Å². The number of aromatic amines is 1. The summed E-state index contributed by atoms with van der Waals surface area (Å²) in [4.78, 5) is 13.1. The van der Waals surface area contributed by atoms with Crippen LogP contribution in [0.1, 0.15) is 5.56 Å². The Labute approximate surface area is 118 Å². The second-order valence-corrected chi connectivity index (χ2v) is 5.58. The first-order valence-corrected chi connectivity index (χ1v) is 7.39. The first-order valence-electron chi connectivity index (χ1n) is 5.35. The predicted molar refractivity (Wildman–Crippen MR) is 77.2 cm³/mol. The van der Waals surface area contributed by atoms with Crippen molar-refractivity contribution in [3.05, 3.63) is 34.2 Å². The molecule has 2 rings (SSSR count). The van der Waals surface area contributed by atoms with Crippen molar-refractivity contribution in [2.75, 3.05) is 6.26 Å². The molecular formula is C11H13N5OS2. The maximum atomic E-state index is 11.3. The van der Waals surface area contributed by atoms with Crippen LogP contribution in [0.25, 0.3) is 0 Å². The number of hydrogen-bond donors (Lipinski definition) is 3. The molecule has 19 heavy (non-hydrogen) atoms. The van der Waals surface area contributed by atoms with Gasteiger partial charge in [-0.05, 0) is 30.2 Å². The largest absolute Gasteiger partial charge is 0.384 e. The van der Waals surface area contributed by atoms with Gasteiger partial charge in [0.05, 0.1) is 0 Å². The highest BCUT2D eigenvalue weighted by Gasteiger charge is 2.14. The number of nitrogens with zero attached hydrogens (tertiary/aromatic N) is 2. The molecular weight excluding hydrogens is 282 g/mol. The zero-order valence-corrected chi connectivity index (χ0v) is 12.1. The second-order valence-electron chi connectivity index (χ2n) is 3.72. The van der Waals surface area contributed by atoms with E-state index in [-0.39, 0.29) is 11.5 Å². The lowest BCUT2D eigenvalue weighted by molar-refractivity contribution is 0.766. The van der Waals surface area contributed by atoms with Crippen molar-refractivity contribution < 1.29 is 0 Å². The molecule has 0 aliphatic carbocycles. The molecule has 0 unspecified atom stereocenters. The number of benzene rings is 1. The Morgan fingerprint density at radius 1 is 1.47 bits per heavy atom. The van der Waals surface area contributed by atoms with Gasteiger partial charge in [-0.2, -0.15) is 0 Å². The van der Waals surface area contributed by atoms with Crippen LogP contribution < -0.4 is 11.4 Å². The molecule has 6 nitrogen and oxygen atoms in total. The smallest absolute Gasteiger partial charge is 0.343 e. The fraction of sp³-hybridized carbons (Fsp3) is 0.182. The van der Waals surface area contributed by atoms with Gasteiger partial charge in [0.1, 0.15) is 5.84 Å². The summed E-state index contributed by atoms with van der Waals surface area (Å²) in [6.45, 7) is 0. The average molecular weight is 295 g/mol. The molecule has 0 fully saturated rings. The Balaban J connectivity index is 2.48. The fourth-order valence-corrected chi connectivity index (χ4v) is 3.23. The lowest BCUT2D eigenvalue weighted by Crippen LogP contribution is -2.14. The van der Waals surface area contributed by atoms with Crippen LogP contribution in [0.2, 0.25) is 0 Å². The first-order chi connectivity index (χ1) is 9.04. The highest BCUT2D eigenvalue weighted by atomic mass is 32.2. The van der Waals surface area contributed by atoms with E-state index >= 15 is 0 Å². The van der Waals surface area contributed by atoms with Crippen molar-refractivity contribution in [2.24, 2.45) is 12.8 Å². The summed E-state index contributed by atoms with van der Waals surface area (Å²) in [6.07, 6.45) is 1.93. The summed E-state index contributed by atoms with van der Waals surface area (Å²) in [5.41, 5.74) is 6.05. The molecule has 1 aromatic heterocycles. The molecule has 0 aliphatic rings. The third kappa shape index (κ3) is 2.69. The standard InChI is InChI=1S/C11H13N5OS2/c1-16-10(17)14-15-11(16)19-7-5-3-4-6(18-2)8(7)9(12)13/h3-5H,1-2H3,(H3,12,13)(H,14,17). The maximum Gasteiger partial charge on any atom is 0.343 e. The van der Waals surface area contributed by atoms with Crippen LogP contribution in [0.3, 0.4) is 0 Å². The van der Waals surface area contributed by atoms with Crippen LogP contribution in [0.4, 0.5) is 0 Å². The highest BCUT2D eigenvalue weighted by molar-refractivity contribution is 7.99. The van der Waals surface area contributed by atoms with Gasteiger partial charge in [-0.3, -0.25) is 9.98 Å². The molecule has 4 N–H and O–H groups in total. The van der Waals surface area contributed by atoms with Crippen LogP contribution in [0.15, 0.2) is 37.9 Å². The summed E-state index contributed by atoms with van der Waals surface area (Å²) in [6, 6.07) is 5.67. The minimum absolute atomic E-state index is 0.00739. The molecule has 0 saturated carbocycles. The van der Waals surface area contributed by atoms with Crippen LogP contribution in [0.5, 0.6) is 0 Å². The third-order valence-corrected chi connectivity index (χ3v) is 4.41. The van der Waals surface area contributed by atoms with Crippen LogP contribution in [-0.2, 0) is 7.05 Å². The van der Waals surface area contributed by atoms with E-state index in [1.807, 2.05) is 24.5 Å². The monoisotopic (exact) mass is 295 g/mol. The molecule has 0 amide bonds. The topological polar surface area (TPSA) is 101 Å². The van der Waals surface area contributed by atoms with Crippen molar-refractivity contribution in [1.29, 1.82) is 5.41 Å². The molecule has 1 aromatic carbocycles. The Morgan fingerprint density at radius 2 is 2.16 bits per heavy atom. The maximum absolute atomic E-state index is 11.3. The predicted octanol–water partition coefficient (Wildman–Crippen LogP) is 1.27. The fourth-order valence-electron chi connectivity index (χ4n) is 1.55. The van der Waals surface area contributed by atoms with E-state index in [1.165, 1.54) is 28.1 Å². The second kappa shape index (κ2) is 5.54.